The van der Waals surface area contributed by atoms with Gasteiger partial charge in [-0.25, -0.2) is 0 Å². The van der Waals surface area contributed by atoms with Crippen molar-refractivity contribution in [2.45, 2.75) is 0 Å². The normalized spacial score (nSPS) is 11.7. The second-order valence-electron chi connectivity index (χ2n) is 9.66. The number of nitrogens with zero attached hydrogens (tertiary/aromatic N) is 3. The summed E-state index contributed by atoms with van der Waals surface area (Å²) in [5.74, 6) is 0. The Kier molecular flexibility index (Phi) is 4.52. The van der Waals surface area contributed by atoms with Crippen molar-refractivity contribution in [2.24, 2.45) is 0 Å². The Balaban J connectivity index is 1.55. The second-order valence-corrected chi connectivity index (χ2v) is 9.66. The first-order valence-electron chi connectivity index (χ1n) is 12.9. The zero-order valence-electron chi connectivity index (χ0n) is 20.6. The van der Waals surface area contributed by atoms with Gasteiger partial charge in [0.15, 0.2) is 0 Å². The van der Waals surface area contributed by atoms with Crippen LogP contribution in [0.2, 0.25) is 0 Å². The summed E-state index contributed by atoms with van der Waals surface area (Å²) in [5.41, 5.74) is 9.29. The van der Waals surface area contributed by atoms with Gasteiger partial charge >= 0.3 is 0 Å². The fourth-order valence-corrected chi connectivity index (χ4v) is 6.05. The highest BCUT2D eigenvalue weighted by Crippen LogP contribution is 2.42. The lowest BCUT2D eigenvalue weighted by Crippen LogP contribution is -1.96. The van der Waals surface area contributed by atoms with E-state index in [0.717, 1.165) is 22.5 Å². The van der Waals surface area contributed by atoms with Gasteiger partial charge in [0.2, 0.25) is 0 Å². The summed E-state index contributed by atoms with van der Waals surface area (Å²) in [4.78, 5) is 4.80. The average molecular weight is 486 g/mol. The Hall–Kier alpha value is -5.15. The molecule has 0 amide bonds. The van der Waals surface area contributed by atoms with Crippen molar-refractivity contribution < 1.29 is 0 Å². The number of aromatic nitrogens is 3. The van der Waals surface area contributed by atoms with Crippen LogP contribution >= 0.6 is 0 Å². The summed E-state index contributed by atoms with van der Waals surface area (Å²) >= 11 is 0. The number of benzene rings is 5. The Bertz CT molecular complexity index is 2120. The third-order valence-corrected chi connectivity index (χ3v) is 7.59. The maximum atomic E-state index is 4.80. The van der Waals surface area contributed by atoms with Crippen molar-refractivity contribution in [1.29, 1.82) is 0 Å². The topological polar surface area (TPSA) is 22.8 Å². The van der Waals surface area contributed by atoms with Crippen molar-refractivity contribution in [3.63, 3.8) is 0 Å². The zero-order valence-corrected chi connectivity index (χ0v) is 20.6. The van der Waals surface area contributed by atoms with Gasteiger partial charge in [-0.3, -0.25) is 4.98 Å². The van der Waals surface area contributed by atoms with E-state index in [9.17, 15) is 0 Å². The van der Waals surface area contributed by atoms with Gasteiger partial charge < -0.3 is 9.13 Å². The number of para-hydroxylation sites is 5. The van der Waals surface area contributed by atoms with Crippen LogP contribution in [-0.4, -0.2) is 14.1 Å². The highest BCUT2D eigenvalue weighted by atomic mass is 15.0. The minimum Gasteiger partial charge on any atom is -0.309 e. The number of rotatable bonds is 3. The Morgan fingerprint density at radius 2 is 0.974 bits per heavy atom. The van der Waals surface area contributed by atoms with E-state index in [1.807, 2.05) is 12.4 Å². The van der Waals surface area contributed by atoms with E-state index >= 15 is 0 Å². The van der Waals surface area contributed by atoms with Gasteiger partial charge in [-0.1, -0.05) is 91.0 Å². The van der Waals surface area contributed by atoms with E-state index in [2.05, 4.69) is 137 Å². The summed E-state index contributed by atoms with van der Waals surface area (Å²) in [6.45, 7) is 0. The molecular weight excluding hydrogens is 462 g/mol. The van der Waals surface area contributed by atoms with Crippen molar-refractivity contribution >= 4 is 43.6 Å². The lowest BCUT2D eigenvalue weighted by molar-refractivity contribution is 1.16. The number of pyridine rings is 1. The van der Waals surface area contributed by atoms with Gasteiger partial charge in [-0.05, 0) is 36.4 Å². The SMILES string of the molecule is c1ccc(-n2c3ccccc3c3c(-c4cccc5c6ccccc6n(-c6ccccc6)c45)cncc32)cc1. The number of fused-ring (bicyclic) bond motifs is 6. The van der Waals surface area contributed by atoms with Crippen LogP contribution in [0.5, 0.6) is 0 Å². The molecule has 0 N–H and O–H groups in total. The molecule has 38 heavy (non-hydrogen) atoms. The molecule has 0 unspecified atom stereocenters. The van der Waals surface area contributed by atoms with E-state index in [-0.39, 0.29) is 0 Å². The summed E-state index contributed by atoms with van der Waals surface area (Å²) < 4.78 is 4.73. The summed E-state index contributed by atoms with van der Waals surface area (Å²) in [6, 6.07) is 45.2. The zero-order chi connectivity index (χ0) is 25.1. The van der Waals surface area contributed by atoms with Crippen molar-refractivity contribution in [1.82, 2.24) is 14.1 Å². The summed E-state index contributed by atoms with van der Waals surface area (Å²) in [5, 5.41) is 4.94. The Morgan fingerprint density at radius 3 is 1.71 bits per heavy atom. The van der Waals surface area contributed by atoms with Crippen molar-refractivity contribution in [2.75, 3.05) is 0 Å². The van der Waals surface area contributed by atoms with Gasteiger partial charge in [0.25, 0.3) is 0 Å². The molecule has 3 aromatic heterocycles. The molecule has 3 nitrogen and oxygen atoms in total. The standard InChI is InChI=1S/C35H23N3/c1-3-12-24(13-4-1)37-32-21-10-8-17-29(32)34-30(22-36-23-33(34)37)28-19-11-18-27-26-16-7-9-20-31(26)38(35(27)28)25-14-5-2-6-15-25/h1-23H. The predicted octanol–water partition coefficient (Wildman–Crippen LogP) is 8.94. The maximum absolute atomic E-state index is 4.80. The Labute approximate surface area is 219 Å². The molecule has 0 saturated heterocycles. The lowest BCUT2D eigenvalue weighted by atomic mass is 9.99. The highest BCUT2D eigenvalue weighted by molar-refractivity contribution is 6.20. The van der Waals surface area contributed by atoms with Gasteiger partial charge in [0.1, 0.15) is 0 Å². The minimum atomic E-state index is 1.11. The first-order chi connectivity index (χ1) is 18.9. The molecule has 8 aromatic rings. The van der Waals surface area contributed by atoms with Crippen molar-refractivity contribution in [3.8, 4) is 22.5 Å². The number of hydrogen-bond donors (Lipinski definition) is 0. The van der Waals surface area contributed by atoms with Crippen LogP contribution in [0.1, 0.15) is 0 Å². The first-order valence-corrected chi connectivity index (χ1v) is 12.9. The Morgan fingerprint density at radius 1 is 0.395 bits per heavy atom. The molecule has 8 rings (SSSR count). The molecule has 0 aliphatic heterocycles. The molecular formula is C35H23N3. The molecule has 0 radical (unpaired) electrons. The molecule has 0 aliphatic rings. The monoisotopic (exact) mass is 485 g/mol. The third kappa shape index (κ3) is 2.93. The van der Waals surface area contributed by atoms with Gasteiger partial charge in [-0.15, -0.1) is 0 Å². The fourth-order valence-electron chi connectivity index (χ4n) is 6.05. The third-order valence-electron chi connectivity index (χ3n) is 7.59. The van der Waals surface area contributed by atoms with Crippen LogP contribution in [0.3, 0.4) is 0 Å². The van der Waals surface area contributed by atoms with Crippen LogP contribution in [-0.2, 0) is 0 Å². The summed E-state index contributed by atoms with van der Waals surface area (Å²) in [7, 11) is 0. The number of hydrogen-bond acceptors (Lipinski definition) is 1. The van der Waals surface area contributed by atoms with Gasteiger partial charge in [-0.2, -0.15) is 0 Å². The molecule has 3 heterocycles. The molecule has 0 aliphatic carbocycles. The van der Waals surface area contributed by atoms with Crippen LogP contribution in [0.4, 0.5) is 0 Å². The van der Waals surface area contributed by atoms with Gasteiger partial charge in [0.05, 0.1) is 28.3 Å². The molecule has 0 atom stereocenters. The smallest absolute Gasteiger partial charge is 0.0730 e. The van der Waals surface area contributed by atoms with Gasteiger partial charge in [0, 0.05) is 50.2 Å². The quantitative estimate of drug-likeness (QED) is 0.245. The van der Waals surface area contributed by atoms with E-state index in [4.69, 9.17) is 4.98 Å². The molecule has 3 heteroatoms. The predicted molar refractivity (Wildman–Crippen MR) is 158 cm³/mol. The average Bonchev–Trinajstić information content (AvgIpc) is 3.51. The fraction of sp³-hybridized carbons (Fsp3) is 0. The van der Waals surface area contributed by atoms with Crippen LogP contribution in [0.15, 0.2) is 140 Å². The first kappa shape index (κ1) is 21.0. The van der Waals surface area contributed by atoms with Crippen LogP contribution < -0.4 is 0 Å². The largest absolute Gasteiger partial charge is 0.309 e. The van der Waals surface area contributed by atoms with E-state index in [0.29, 0.717) is 0 Å². The molecule has 0 spiro atoms. The molecule has 5 aromatic carbocycles. The van der Waals surface area contributed by atoms with Crippen molar-refractivity contribution in [3.05, 3.63) is 140 Å². The van der Waals surface area contributed by atoms with E-state index in [1.54, 1.807) is 0 Å². The minimum absolute atomic E-state index is 1.11. The molecule has 0 fully saturated rings. The van der Waals surface area contributed by atoms with E-state index in [1.165, 1.54) is 43.7 Å². The molecule has 0 bridgehead atoms. The second kappa shape index (κ2) is 8.19. The summed E-state index contributed by atoms with van der Waals surface area (Å²) in [6.07, 6.45) is 4.03. The van der Waals surface area contributed by atoms with Crippen LogP contribution in [0, 0.1) is 0 Å². The molecule has 178 valence electrons. The van der Waals surface area contributed by atoms with Crippen LogP contribution in [0.25, 0.3) is 66.1 Å². The molecule has 0 saturated carbocycles. The maximum Gasteiger partial charge on any atom is 0.0730 e. The highest BCUT2D eigenvalue weighted by Gasteiger charge is 2.20. The lowest BCUT2D eigenvalue weighted by Gasteiger charge is -2.13. The van der Waals surface area contributed by atoms with E-state index < -0.39 is 0 Å².